The summed E-state index contributed by atoms with van der Waals surface area (Å²) in [6.07, 6.45) is 7.01. The van der Waals surface area contributed by atoms with Crippen molar-refractivity contribution in [1.29, 1.82) is 0 Å². The van der Waals surface area contributed by atoms with E-state index in [4.69, 9.17) is 0 Å². The molecule has 0 fully saturated rings. The molecule has 1 aliphatic rings. The van der Waals surface area contributed by atoms with Crippen LogP contribution in [0.2, 0.25) is 0 Å². The van der Waals surface area contributed by atoms with Crippen molar-refractivity contribution in [3.63, 3.8) is 0 Å². The van der Waals surface area contributed by atoms with E-state index in [0.29, 0.717) is 6.54 Å². The lowest BCUT2D eigenvalue weighted by Crippen LogP contribution is -2.25. The van der Waals surface area contributed by atoms with E-state index in [0.717, 1.165) is 17.8 Å². The summed E-state index contributed by atoms with van der Waals surface area (Å²) in [5, 5.41) is 0. The summed E-state index contributed by atoms with van der Waals surface area (Å²) in [7, 11) is 1.78. The van der Waals surface area contributed by atoms with E-state index < -0.39 is 0 Å². The molecule has 0 N–H and O–H groups in total. The smallest absolute Gasteiger partial charge is 0.219 e. The van der Waals surface area contributed by atoms with Crippen LogP contribution in [0.3, 0.4) is 0 Å². The second-order valence-corrected chi connectivity index (χ2v) is 3.46. The van der Waals surface area contributed by atoms with Crippen molar-refractivity contribution in [2.45, 2.75) is 34.1 Å². The summed E-state index contributed by atoms with van der Waals surface area (Å²) in [4.78, 5) is 17.1. The van der Waals surface area contributed by atoms with Crippen LogP contribution in [0.5, 0.6) is 0 Å². The van der Waals surface area contributed by atoms with Gasteiger partial charge in [0.25, 0.3) is 0 Å². The standard InChI is InChI=1S/C11H16N2O.C2H6/c1-9-6-4-5-7-11(12-9)8-13(3)10(2)14;1-2/h4,6-7H,5,8H2,1-3H3;1-2H3. The SMILES string of the molecule is CC.CC(=O)N(C)CC1=CCC=CC(C)=N1. The van der Waals surface area contributed by atoms with Crippen molar-refractivity contribution in [2.75, 3.05) is 13.6 Å². The maximum absolute atomic E-state index is 11.0. The third kappa shape index (κ3) is 5.49. The van der Waals surface area contributed by atoms with Crippen LogP contribution in [-0.4, -0.2) is 30.1 Å². The van der Waals surface area contributed by atoms with Gasteiger partial charge in [-0.3, -0.25) is 9.79 Å². The molecule has 0 saturated heterocycles. The molecule has 1 aliphatic heterocycles. The van der Waals surface area contributed by atoms with Crippen LogP contribution >= 0.6 is 0 Å². The molecule has 0 aromatic carbocycles. The Kier molecular flexibility index (Phi) is 7.18. The van der Waals surface area contributed by atoms with Crippen molar-refractivity contribution in [3.8, 4) is 0 Å². The number of rotatable bonds is 2. The van der Waals surface area contributed by atoms with Gasteiger partial charge in [-0.1, -0.05) is 26.0 Å². The lowest BCUT2D eigenvalue weighted by atomic mass is 10.3. The van der Waals surface area contributed by atoms with Crippen molar-refractivity contribution in [3.05, 3.63) is 23.9 Å². The number of hydrogen-bond acceptors (Lipinski definition) is 2. The number of carbonyl (C=O) groups is 1. The summed E-state index contributed by atoms with van der Waals surface area (Å²) >= 11 is 0. The third-order valence-corrected chi connectivity index (χ3v) is 2.11. The lowest BCUT2D eigenvalue weighted by Gasteiger charge is -2.14. The van der Waals surface area contributed by atoms with Gasteiger partial charge in [-0.2, -0.15) is 0 Å². The van der Waals surface area contributed by atoms with Crippen LogP contribution in [0.1, 0.15) is 34.1 Å². The zero-order valence-electron chi connectivity index (χ0n) is 10.9. The molecule has 1 amide bonds. The first-order valence-corrected chi connectivity index (χ1v) is 5.72. The van der Waals surface area contributed by atoms with Crippen LogP contribution in [0.4, 0.5) is 0 Å². The van der Waals surface area contributed by atoms with E-state index in [1.807, 2.05) is 32.9 Å². The number of amides is 1. The highest BCUT2D eigenvalue weighted by Gasteiger charge is 2.05. The highest BCUT2D eigenvalue weighted by atomic mass is 16.2. The predicted molar refractivity (Wildman–Crippen MR) is 69.6 cm³/mol. The number of allylic oxidation sites excluding steroid dienone is 3. The molecule has 3 heteroatoms. The molecule has 16 heavy (non-hydrogen) atoms. The largest absolute Gasteiger partial charge is 0.340 e. The zero-order valence-corrected chi connectivity index (χ0v) is 10.9. The summed E-state index contributed by atoms with van der Waals surface area (Å²) in [5.41, 5.74) is 1.95. The fourth-order valence-electron chi connectivity index (χ4n) is 1.21. The van der Waals surface area contributed by atoms with Gasteiger partial charge in [0, 0.05) is 19.7 Å². The average Bonchev–Trinajstić information content (AvgIpc) is 2.45. The molecule has 90 valence electrons. The minimum atomic E-state index is 0.0657. The van der Waals surface area contributed by atoms with Crippen molar-refractivity contribution < 1.29 is 4.79 Å². The normalized spacial score (nSPS) is 14.1. The highest BCUT2D eigenvalue weighted by molar-refractivity contribution is 5.93. The molecule has 0 saturated carbocycles. The summed E-state index contributed by atoms with van der Waals surface area (Å²) in [5.74, 6) is 0.0657. The minimum Gasteiger partial charge on any atom is -0.340 e. The van der Waals surface area contributed by atoms with Crippen molar-refractivity contribution in [2.24, 2.45) is 4.99 Å². The van der Waals surface area contributed by atoms with Crippen LogP contribution < -0.4 is 0 Å². The van der Waals surface area contributed by atoms with Gasteiger partial charge in [0.1, 0.15) is 0 Å². The fourth-order valence-corrected chi connectivity index (χ4v) is 1.21. The Morgan fingerprint density at radius 2 is 2.12 bits per heavy atom. The van der Waals surface area contributed by atoms with Gasteiger partial charge >= 0.3 is 0 Å². The Balaban J connectivity index is 0.00000106. The predicted octanol–water partition coefficient (Wildman–Crippen LogP) is 2.80. The van der Waals surface area contributed by atoms with Gasteiger partial charge in [0.05, 0.1) is 12.2 Å². The Labute approximate surface area is 98.6 Å². The molecule has 0 aromatic rings. The van der Waals surface area contributed by atoms with Gasteiger partial charge in [-0.05, 0) is 19.4 Å². The molecular weight excluding hydrogens is 200 g/mol. The lowest BCUT2D eigenvalue weighted by molar-refractivity contribution is -0.127. The fraction of sp³-hybridized carbons (Fsp3) is 0.538. The van der Waals surface area contributed by atoms with Crippen LogP contribution in [0, 0.1) is 0 Å². The van der Waals surface area contributed by atoms with Gasteiger partial charge in [-0.15, -0.1) is 0 Å². The number of aliphatic imine (C=N–C) groups is 1. The molecule has 0 spiro atoms. The molecule has 1 rings (SSSR count). The van der Waals surface area contributed by atoms with Gasteiger partial charge in [-0.25, -0.2) is 0 Å². The Morgan fingerprint density at radius 3 is 2.69 bits per heavy atom. The molecule has 0 aromatic heterocycles. The van der Waals surface area contributed by atoms with E-state index in [-0.39, 0.29) is 5.91 Å². The average molecular weight is 222 g/mol. The maximum atomic E-state index is 11.0. The Bertz CT molecular complexity index is 314. The van der Waals surface area contributed by atoms with E-state index in [1.54, 1.807) is 18.9 Å². The third-order valence-electron chi connectivity index (χ3n) is 2.11. The van der Waals surface area contributed by atoms with Crippen LogP contribution in [-0.2, 0) is 4.79 Å². The Hall–Kier alpha value is -1.38. The number of hydrogen-bond donors (Lipinski definition) is 0. The van der Waals surface area contributed by atoms with E-state index in [1.165, 1.54) is 0 Å². The van der Waals surface area contributed by atoms with Crippen LogP contribution in [0.15, 0.2) is 28.9 Å². The van der Waals surface area contributed by atoms with E-state index >= 15 is 0 Å². The van der Waals surface area contributed by atoms with Gasteiger partial charge in [0.2, 0.25) is 5.91 Å². The number of nitrogens with zero attached hydrogens (tertiary/aromatic N) is 2. The van der Waals surface area contributed by atoms with Gasteiger partial charge < -0.3 is 4.90 Å². The first-order valence-electron chi connectivity index (χ1n) is 5.72. The first kappa shape index (κ1) is 14.6. The Morgan fingerprint density at radius 1 is 1.50 bits per heavy atom. The maximum Gasteiger partial charge on any atom is 0.219 e. The summed E-state index contributed by atoms with van der Waals surface area (Å²) < 4.78 is 0. The molecule has 0 radical (unpaired) electrons. The zero-order chi connectivity index (χ0) is 12.6. The molecular formula is C13H22N2O. The number of carbonyl (C=O) groups excluding carboxylic acids is 1. The quantitative estimate of drug-likeness (QED) is 0.707. The van der Waals surface area contributed by atoms with Gasteiger partial charge in [0.15, 0.2) is 0 Å². The molecule has 0 bridgehead atoms. The first-order chi connectivity index (χ1) is 7.59. The highest BCUT2D eigenvalue weighted by Crippen LogP contribution is 2.07. The molecule has 0 atom stereocenters. The minimum absolute atomic E-state index is 0.0657. The van der Waals surface area contributed by atoms with Crippen molar-refractivity contribution in [1.82, 2.24) is 4.90 Å². The topological polar surface area (TPSA) is 32.7 Å². The summed E-state index contributed by atoms with van der Waals surface area (Å²) in [6.45, 7) is 8.11. The second-order valence-electron chi connectivity index (χ2n) is 3.46. The molecule has 0 unspecified atom stereocenters. The van der Waals surface area contributed by atoms with E-state index in [2.05, 4.69) is 11.1 Å². The second kappa shape index (κ2) is 7.85. The van der Waals surface area contributed by atoms with Crippen LogP contribution in [0.25, 0.3) is 0 Å². The summed E-state index contributed by atoms with van der Waals surface area (Å²) in [6, 6.07) is 0. The monoisotopic (exact) mass is 222 g/mol. The molecule has 3 nitrogen and oxygen atoms in total. The molecule has 0 aliphatic carbocycles. The van der Waals surface area contributed by atoms with E-state index in [9.17, 15) is 4.79 Å². The number of likely N-dealkylation sites (N-methyl/N-ethyl adjacent to an activating group) is 1. The molecule has 1 heterocycles. The van der Waals surface area contributed by atoms with Crippen molar-refractivity contribution >= 4 is 11.6 Å².